The Morgan fingerprint density at radius 2 is 1.91 bits per heavy atom. The second-order valence-electron chi connectivity index (χ2n) is 8.07. The second-order valence-corrected chi connectivity index (χ2v) is 8.07. The number of hydrazone groups is 1. The van der Waals surface area contributed by atoms with Gasteiger partial charge < -0.3 is 9.67 Å². The minimum Gasteiger partial charge on any atom is -0.507 e. The van der Waals surface area contributed by atoms with Gasteiger partial charge in [0.1, 0.15) is 11.8 Å². The lowest BCUT2D eigenvalue weighted by atomic mass is 9.98. The number of aryl methyl sites for hydroxylation is 2. The van der Waals surface area contributed by atoms with Crippen molar-refractivity contribution in [3.05, 3.63) is 99.7 Å². The lowest BCUT2D eigenvalue weighted by molar-refractivity contribution is 0.0955. The molecule has 0 aliphatic carbocycles. The van der Waals surface area contributed by atoms with Crippen molar-refractivity contribution < 1.29 is 9.90 Å². The minimum absolute atomic E-state index is 0.0387. The van der Waals surface area contributed by atoms with E-state index in [0.29, 0.717) is 0 Å². The maximum Gasteiger partial charge on any atom is 0.271 e. The lowest BCUT2D eigenvalue weighted by Gasteiger charge is -2.14. The highest BCUT2D eigenvalue weighted by Crippen LogP contribution is 2.24. The molecule has 0 spiro atoms. The molecule has 1 amide bonds. The van der Waals surface area contributed by atoms with Crippen LogP contribution < -0.4 is 5.43 Å². The van der Waals surface area contributed by atoms with Gasteiger partial charge in [-0.15, -0.1) is 0 Å². The summed E-state index contributed by atoms with van der Waals surface area (Å²) in [7, 11) is 0. The number of carbonyl (C=O) groups excluding carboxylic acids is 1. The van der Waals surface area contributed by atoms with Gasteiger partial charge in [0.05, 0.1) is 11.8 Å². The van der Waals surface area contributed by atoms with Crippen molar-refractivity contribution in [1.29, 1.82) is 5.26 Å². The third-order valence-electron chi connectivity index (χ3n) is 6.03. The molecular weight excluding hydrogens is 412 g/mol. The predicted molar refractivity (Wildman–Crippen MR) is 130 cm³/mol. The number of hydrogen-bond acceptors (Lipinski definition) is 4. The summed E-state index contributed by atoms with van der Waals surface area (Å²) in [6, 6.07) is 18.3. The molecule has 0 atom stereocenters. The van der Waals surface area contributed by atoms with Crippen LogP contribution >= 0.6 is 0 Å². The molecule has 0 unspecified atom stereocenters. The number of fused-ring (bicyclic) bond motifs is 1. The number of nitrogens with one attached hydrogen (secondary N) is 1. The van der Waals surface area contributed by atoms with Crippen LogP contribution in [-0.2, 0) is 6.54 Å². The number of phenols is 1. The van der Waals surface area contributed by atoms with Gasteiger partial charge in [-0.25, -0.2) is 5.43 Å². The average molecular weight is 437 g/mol. The number of phenolic OH excluding ortho intramolecular Hbond substituents is 1. The number of carbonyl (C=O) groups is 1. The molecule has 4 aromatic rings. The molecule has 0 saturated heterocycles. The Bertz CT molecular complexity index is 1440. The van der Waals surface area contributed by atoms with Crippen LogP contribution in [0, 0.1) is 32.1 Å². The zero-order valence-corrected chi connectivity index (χ0v) is 18.8. The molecule has 0 saturated carbocycles. The fraction of sp³-hybridized carbons (Fsp3) is 0.148. The van der Waals surface area contributed by atoms with Gasteiger partial charge >= 0.3 is 0 Å². The maximum atomic E-state index is 12.4. The number of aromatic nitrogens is 1. The Morgan fingerprint density at radius 3 is 2.70 bits per heavy atom. The normalized spacial score (nSPS) is 11.1. The molecule has 1 heterocycles. The summed E-state index contributed by atoms with van der Waals surface area (Å²) < 4.78 is 2.22. The fourth-order valence-corrected chi connectivity index (χ4v) is 3.91. The molecule has 33 heavy (non-hydrogen) atoms. The summed E-state index contributed by atoms with van der Waals surface area (Å²) in [5.41, 5.74) is 9.93. The summed E-state index contributed by atoms with van der Waals surface area (Å²) in [5, 5.41) is 23.7. The van der Waals surface area contributed by atoms with Crippen molar-refractivity contribution >= 4 is 23.0 Å². The monoisotopic (exact) mass is 436 g/mol. The van der Waals surface area contributed by atoms with Crippen LogP contribution in [0.3, 0.4) is 0 Å². The first kappa shape index (κ1) is 21.8. The second kappa shape index (κ2) is 9.01. The standard InChI is InChI=1S/C27H24N4O2/c1-17-7-8-18(2)24(19(17)3)16-31-12-11-23-21(5-4-6-25(23)31)15-29-30-27(33)20-9-10-26(32)22(13-20)14-28/h4-13,15,32H,16H2,1-3H3,(H,30,33)/b29-15+. The van der Waals surface area contributed by atoms with Crippen LogP contribution in [0.2, 0.25) is 0 Å². The number of nitrogens with zero attached hydrogens (tertiary/aromatic N) is 3. The highest BCUT2D eigenvalue weighted by Gasteiger charge is 2.11. The van der Waals surface area contributed by atoms with Gasteiger partial charge in [0.25, 0.3) is 5.91 Å². The molecule has 6 nitrogen and oxygen atoms in total. The van der Waals surface area contributed by atoms with Gasteiger partial charge in [0, 0.05) is 34.8 Å². The van der Waals surface area contributed by atoms with Gasteiger partial charge in [-0.3, -0.25) is 4.79 Å². The predicted octanol–water partition coefficient (Wildman–Crippen LogP) is 4.96. The van der Waals surface area contributed by atoms with Crippen LogP contribution in [0.25, 0.3) is 10.9 Å². The van der Waals surface area contributed by atoms with E-state index in [1.54, 1.807) is 6.21 Å². The molecule has 1 aromatic heterocycles. The van der Waals surface area contributed by atoms with Crippen molar-refractivity contribution in [2.45, 2.75) is 27.3 Å². The van der Waals surface area contributed by atoms with Gasteiger partial charge in [0.15, 0.2) is 0 Å². The SMILES string of the molecule is Cc1ccc(C)c(Cn2ccc3c(/C=N/NC(=O)c4ccc(O)c(C#N)c4)cccc32)c1C. The third-order valence-corrected chi connectivity index (χ3v) is 6.03. The summed E-state index contributed by atoms with van der Waals surface area (Å²) in [6.45, 7) is 7.22. The Balaban J connectivity index is 1.56. The van der Waals surface area contributed by atoms with E-state index in [1.165, 1.54) is 40.5 Å². The van der Waals surface area contributed by atoms with Crippen LogP contribution in [0.5, 0.6) is 5.75 Å². The van der Waals surface area contributed by atoms with Gasteiger partial charge in [0.2, 0.25) is 0 Å². The van der Waals surface area contributed by atoms with Crippen LogP contribution in [0.15, 0.2) is 65.9 Å². The lowest BCUT2D eigenvalue weighted by Crippen LogP contribution is -2.17. The fourth-order valence-electron chi connectivity index (χ4n) is 3.91. The molecule has 0 aliphatic rings. The number of rotatable bonds is 5. The van der Waals surface area contributed by atoms with Gasteiger partial charge in [-0.05, 0) is 73.4 Å². The topological polar surface area (TPSA) is 90.4 Å². The van der Waals surface area contributed by atoms with Crippen molar-refractivity contribution in [1.82, 2.24) is 9.99 Å². The molecule has 2 N–H and O–H groups in total. The Labute approximate surface area is 192 Å². The zero-order valence-electron chi connectivity index (χ0n) is 18.8. The molecule has 3 aromatic carbocycles. The molecule has 0 aliphatic heterocycles. The maximum absolute atomic E-state index is 12.4. The van der Waals surface area contributed by atoms with Gasteiger partial charge in [-0.1, -0.05) is 24.3 Å². The third kappa shape index (κ3) is 4.35. The average Bonchev–Trinajstić information content (AvgIpc) is 3.23. The Kier molecular flexibility index (Phi) is 5.97. The molecule has 4 rings (SSSR count). The summed E-state index contributed by atoms with van der Waals surface area (Å²) in [5.74, 6) is -0.623. The van der Waals surface area contributed by atoms with E-state index in [2.05, 4.69) is 66.3 Å². The molecule has 0 fully saturated rings. The van der Waals surface area contributed by atoms with Crippen molar-refractivity contribution in [2.24, 2.45) is 5.10 Å². The van der Waals surface area contributed by atoms with E-state index in [0.717, 1.165) is 23.0 Å². The molecule has 0 radical (unpaired) electrons. The van der Waals surface area contributed by atoms with Gasteiger partial charge in [-0.2, -0.15) is 10.4 Å². The highest BCUT2D eigenvalue weighted by atomic mass is 16.3. The summed E-state index contributed by atoms with van der Waals surface area (Å²) in [4.78, 5) is 12.4. The van der Waals surface area contributed by atoms with Crippen LogP contribution in [0.4, 0.5) is 0 Å². The van der Waals surface area contributed by atoms with E-state index in [4.69, 9.17) is 5.26 Å². The Morgan fingerprint density at radius 1 is 1.12 bits per heavy atom. The van der Waals surface area contributed by atoms with E-state index in [9.17, 15) is 9.90 Å². The van der Waals surface area contributed by atoms with E-state index < -0.39 is 5.91 Å². The molecule has 164 valence electrons. The number of nitriles is 1. The number of aromatic hydroxyl groups is 1. The summed E-state index contributed by atoms with van der Waals surface area (Å²) >= 11 is 0. The highest BCUT2D eigenvalue weighted by molar-refractivity contribution is 6.00. The van der Waals surface area contributed by atoms with E-state index >= 15 is 0 Å². The van der Waals surface area contributed by atoms with Crippen molar-refractivity contribution in [3.8, 4) is 11.8 Å². The van der Waals surface area contributed by atoms with Crippen molar-refractivity contribution in [2.75, 3.05) is 0 Å². The Hall–Kier alpha value is -4.37. The number of amides is 1. The zero-order chi connectivity index (χ0) is 23.5. The quantitative estimate of drug-likeness (QED) is 0.342. The largest absolute Gasteiger partial charge is 0.507 e. The van der Waals surface area contributed by atoms with E-state index in [-0.39, 0.29) is 16.9 Å². The molecule has 6 heteroatoms. The number of hydrogen-bond donors (Lipinski definition) is 2. The van der Waals surface area contributed by atoms with Crippen LogP contribution in [-0.4, -0.2) is 21.8 Å². The number of benzene rings is 3. The minimum atomic E-state index is -0.460. The smallest absolute Gasteiger partial charge is 0.271 e. The van der Waals surface area contributed by atoms with Crippen LogP contribution in [0.1, 0.15) is 43.7 Å². The summed E-state index contributed by atoms with van der Waals surface area (Å²) in [6.07, 6.45) is 3.68. The van der Waals surface area contributed by atoms with E-state index in [1.807, 2.05) is 18.2 Å². The molecule has 0 bridgehead atoms. The molecular formula is C27H24N4O2. The first-order valence-electron chi connectivity index (χ1n) is 10.6. The first-order valence-corrected chi connectivity index (χ1v) is 10.6. The first-order chi connectivity index (χ1) is 15.9. The van der Waals surface area contributed by atoms with Crippen molar-refractivity contribution in [3.63, 3.8) is 0 Å².